The molecule has 3 N–H and O–H groups in total. The normalized spacial score (nSPS) is 7.88. The van der Waals surface area contributed by atoms with E-state index >= 15 is 0 Å². The van der Waals surface area contributed by atoms with Gasteiger partial charge in [-0.2, -0.15) is 4.99 Å². The summed E-state index contributed by atoms with van der Waals surface area (Å²) in [5, 5.41) is 16.2. The Kier molecular flexibility index (Phi) is 6.87. The molecule has 0 spiro atoms. The third kappa shape index (κ3) is 9.33. The molecule has 0 fully saturated rings. The van der Waals surface area contributed by atoms with Crippen LogP contribution in [0.2, 0.25) is 0 Å². The van der Waals surface area contributed by atoms with E-state index in [1.54, 1.807) is 0 Å². The number of hydrogen-bond donors (Lipinski definition) is 3. The average molecular weight is 290 g/mol. The maximum absolute atomic E-state index is 8.08. The van der Waals surface area contributed by atoms with E-state index in [-0.39, 0.29) is 26.5 Å². The van der Waals surface area contributed by atoms with Gasteiger partial charge < -0.3 is 10.2 Å². The number of rotatable bonds is 1. The van der Waals surface area contributed by atoms with E-state index in [0.29, 0.717) is 0 Å². The molecule has 49 valence electrons. The van der Waals surface area contributed by atoms with Crippen molar-refractivity contribution in [1.82, 2.24) is 0 Å². The fourth-order valence-electron chi connectivity index (χ4n) is 0.258. The van der Waals surface area contributed by atoms with Crippen LogP contribution < -0.4 is 4.99 Å². The van der Waals surface area contributed by atoms with Crippen LogP contribution in [-0.2, 0) is 20.4 Å². The molecule has 0 atom stereocenters. The molecule has 0 bridgehead atoms. The summed E-state index contributed by atoms with van der Waals surface area (Å²) in [6, 6.07) is 0.0880. The number of aliphatic hydroxyl groups is 2. The van der Waals surface area contributed by atoms with Crippen LogP contribution in [0.25, 0.3) is 0 Å². The van der Waals surface area contributed by atoms with Crippen LogP contribution in [0, 0.1) is 0 Å². The molecular weight excluding hydrogens is 280 g/mol. The molecule has 1 radical (unpaired) electrons. The molecule has 0 heterocycles. The topological polar surface area (TPSA) is 54.4 Å². The maximum Gasteiger partial charge on any atom is 0.542 e. The minimum atomic E-state index is -0.713. The van der Waals surface area contributed by atoms with E-state index in [2.05, 4.69) is 4.99 Å². The van der Waals surface area contributed by atoms with Gasteiger partial charge in [0.2, 0.25) is 0 Å². The Morgan fingerprint density at radius 1 is 1.38 bits per heavy atom. The molecule has 0 aliphatic rings. The zero-order valence-corrected chi connectivity index (χ0v) is 7.57. The smallest absolute Gasteiger partial charge is 0.430 e. The van der Waals surface area contributed by atoms with Crippen LogP contribution in [0.4, 0.5) is 0 Å². The molecule has 3 nitrogen and oxygen atoms in total. The number of hydrogen-bond acceptors (Lipinski definition) is 0. The van der Waals surface area contributed by atoms with Gasteiger partial charge in [-0.05, 0) is 13.8 Å². The van der Waals surface area contributed by atoms with Gasteiger partial charge in [-0.3, -0.25) is 0 Å². The SMILES string of the molecule is CC(C)[NH+]=C(O)O.[Re]. The molecule has 0 aliphatic heterocycles. The predicted octanol–water partition coefficient (Wildman–Crippen LogP) is -1.06. The Hall–Kier alpha value is -0.0677. The molecule has 0 amide bonds. The van der Waals surface area contributed by atoms with Crippen molar-refractivity contribution in [3.8, 4) is 0 Å². The van der Waals surface area contributed by atoms with Gasteiger partial charge in [-0.25, -0.2) is 0 Å². The molecule has 0 unspecified atom stereocenters. The van der Waals surface area contributed by atoms with Crippen molar-refractivity contribution in [2.45, 2.75) is 19.9 Å². The predicted molar refractivity (Wildman–Crippen MR) is 26.4 cm³/mol. The van der Waals surface area contributed by atoms with Crippen molar-refractivity contribution in [3.05, 3.63) is 0 Å². The summed E-state index contributed by atoms with van der Waals surface area (Å²) in [5.41, 5.74) is 0. The third-order valence-electron chi connectivity index (χ3n) is 0.418. The van der Waals surface area contributed by atoms with Crippen molar-refractivity contribution >= 4 is 6.08 Å². The van der Waals surface area contributed by atoms with Gasteiger partial charge >= 0.3 is 6.08 Å². The van der Waals surface area contributed by atoms with Gasteiger partial charge in [-0.15, -0.1) is 0 Å². The summed E-state index contributed by atoms with van der Waals surface area (Å²) < 4.78 is 0. The van der Waals surface area contributed by atoms with Crippen molar-refractivity contribution in [3.63, 3.8) is 0 Å². The first-order valence-corrected chi connectivity index (χ1v) is 2.14. The van der Waals surface area contributed by atoms with E-state index in [9.17, 15) is 0 Å². The van der Waals surface area contributed by atoms with Crippen LogP contribution >= 0.6 is 0 Å². The Morgan fingerprint density at radius 2 is 1.75 bits per heavy atom. The van der Waals surface area contributed by atoms with Crippen LogP contribution in [0.1, 0.15) is 13.8 Å². The second-order valence-electron chi connectivity index (χ2n) is 1.62. The van der Waals surface area contributed by atoms with E-state index in [4.69, 9.17) is 10.2 Å². The first-order chi connectivity index (χ1) is 3.13. The van der Waals surface area contributed by atoms with Gasteiger partial charge in [0, 0.05) is 20.4 Å². The average Bonchev–Trinajstić information content (AvgIpc) is 1.27. The Labute approximate surface area is 62.1 Å². The molecule has 0 rings (SSSR count). The van der Waals surface area contributed by atoms with Crippen molar-refractivity contribution in [2.75, 3.05) is 0 Å². The number of aliphatic hydroxyl groups excluding tert-OH is 1. The first-order valence-electron chi connectivity index (χ1n) is 2.14. The molecule has 0 aliphatic carbocycles. The fraction of sp³-hybridized carbons (Fsp3) is 0.750. The van der Waals surface area contributed by atoms with Crippen LogP contribution in [0.15, 0.2) is 0 Å². The second-order valence-corrected chi connectivity index (χ2v) is 1.62. The molecule has 0 aromatic rings. The third-order valence-corrected chi connectivity index (χ3v) is 0.418. The monoisotopic (exact) mass is 291 g/mol. The second kappa shape index (κ2) is 5.08. The minimum Gasteiger partial charge on any atom is -0.430 e. The Bertz CT molecular complexity index is 78.1. The van der Waals surface area contributed by atoms with E-state index < -0.39 is 6.08 Å². The summed E-state index contributed by atoms with van der Waals surface area (Å²) >= 11 is 0. The quantitative estimate of drug-likeness (QED) is 0.426. The Morgan fingerprint density at radius 3 is 1.75 bits per heavy atom. The molecule has 0 saturated carbocycles. The van der Waals surface area contributed by atoms with Gasteiger partial charge in [0.05, 0.1) is 0 Å². The van der Waals surface area contributed by atoms with E-state index in [0.717, 1.165) is 0 Å². The van der Waals surface area contributed by atoms with Crippen molar-refractivity contribution in [2.24, 2.45) is 0 Å². The van der Waals surface area contributed by atoms with Gasteiger partial charge in [0.1, 0.15) is 0 Å². The van der Waals surface area contributed by atoms with E-state index in [1.807, 2.05) is 13.8 Å². The molecule has 0 aromatic heterocycles. The molecule has 4 heteroatoms. The zero-order chi connectivity index (χ0) is 5.86. The summed E-state index contributed by atoms with van der Waals surface area (Å²) in [6.07, 6.45) is -0.713. The van der Waals surface area contributed by atoms with Gasteiger partial charge in [0.25, 0.3) is 0 Å². The fourth-order valence-corrected chi connectivity index (χ4v) is 0.258. The molecule has 8 heavy (non-hydrogen) atoms. The van der Waals surface area contributed by atoms with Crippen molar-refractivity contribution in [1.29, 1.82) is 0 Å². The Balaban J connectivity index is 0. The number of nitrogens with one attached hydrogen (secondary N) is 1. The molecule has 0 aromatic carbocycles. The van der Waals surface area contributed by atoms with Crippen LogP contribution in [-0.4, -0.2) is 22.3 Å². The largest absolute Gasteiger partial charge is 0.542 e. The first kappa shape index (κ1) is 10.8. The summed E-state index contributed by atoms with van der Waals surface area (Å²) in [7, 11) is 0. The maximum atomic E-state index is 8.08. The standard InChI is InChI=1S/C4H9NO2.Re/c1-3(2)5-4(6)7;/h3H,1-2H3,(H2,5,6,7);/p+1. The van der Waals surface area contributed by atoms with E-state index in [1.165, 1.54) is 0 Å². The minimum absolute atomic E-state index is 0. The summed E-state index contributed by atoms with van der Waals surface area (Å²) in [5.74, 6) is 0. The zero-order valence-electron chi connectivity index (χ0n) is 4.85. The van der Waals surface area contributed by atoms with Crippen molar-refractivity contribution < 1.29 is 35.6 Å². The summed E-state index contributed by atoms with van der Waals surface area (Å²) in [4.78, 5) is 2.33. The molecular formula is C4H10NO2Re+. The van der Waals surface area contributed by atoms with Gasteiger partial charge in [-0.1, -0.05) is 0 Å². The summed E-state index contributed by atoms with van der Waals surface area (Å²) in [6.45, 7) is 3.62. The van der Waals surface area contributed by atoms with Crippen LogP contribution in [0.5, 0.6) is 0 Å². The van der Waals surface area contributed by atoms with Crippen LogP contribution in [0.3, 0.4) is 0 Å². The molecule has 0 saturated heterocycles. The van der Waals surface area contributed by atoms with Gasteiger partial charge in [0.15, 0.2) is 6.04 Å².